The second kappa shape index (κ2) is 7.15. The Bertz CT molecular complexity index is 798. The monoisotopic (exact) mass is 356 g/mol. The second-order valence-electron chi connectivity index (χ2n) is 7.21. The van der Waals surface area contributed by atoms with Crippen molar-refractivity contribution in [3.63, 3.8) is 0 Å². The van der Waals surface area contributed by atoms with Crippen LogP contribution in [0.3, 0.4) is 0 Å². The minimum Gasteiger partial charge on any atom is -0.378 e. The standard InChI is InChI=1S/C18H24N6O2/c1-11-4-6-14(7-5-11)20-17-15(24(25)26)16(19)21-18(22-17)23-9-12(2)8-13(3)10-23/h4-7,12-13H,8-10H2,1-3H3,(H3,19,20,21,22)/t12-,13-/m1/s1. The Morgan fingerprint density at radius 2 is 1.81 bits per heavy atom. The van der Waals surface area contributed by atoms with E-state index < -0.39 is 4.92 Å². The van der Waals surface area contributed by atoms with Crippen molar-refractivity contribution in [1.82, 2.24) is 9.97 Å². The van der Waals surface area contributed by atoms with Gasteiger partial charge >= 0.3 is 5.69 Å². The van der Waals surface area contributed by atoms with Crippen LogP contribution in [-0.2, 0) is 0 Å². The lowest BCUT2D eigenvalue weighted by Gasteiger charge is -2.35. The molecule has 0 spiro atoms. The molecule has 8 heteroatoms. The first-order chi connectivity index (χ1) is 12.3. The Morgan fingerprint density at radius 3 is 2.38 bits per heavy atom. The van der Waals surface area contributed by atoms with Crippen molar-refractivity contribution in [3.8, 4) is 0 Å². The van der Waals surface area contributed by atoms with Crippen LogP contribution in [0.25, 0.3) is 0 Å². The first-order valence-corrected chi connectivity index (χ1v) is 8.74. The summed E-state index contributed by atoms with van der Waals surface area (Å²) in [5.41, 5.74) is 7.43. The Morgan fingerprint density at radius 1 is 1.19 bits per heavy atom. The van der Waals surface area contributed by atoms with Crippen molar-refractivity contribution in [1.29, 1.82) is 0 Å². The maximum Gasteiger partial charge on any atom is 0.353 e. The Balaban J connectivity index is 1.99. The number of nitro groups is 1. The minimum atomic E-state index is -0.545. The summed E-state index contributed by atoms with van der Waals surface area (Å²) in [6.45, 7) is 7.97. The topological polar surface area (TPSA) is 110 Å². The van der Waals surface area contributed by atoms with Crippen molar-refractivity contribution in [2.24, 2.45) is 11.8 Å². The summed E-state index contributed by atoms with van der Waals surface area (Å²) in [4.78, 5) is 21.6. The second-order valence-corrected chi connectivity index (χ2v) is 7.21. The number of aryl methyl sites for hydroxylation is 1. The molecule has 1 saturated heterocycles. The van der Waals surface area contributed by atoms with E-state index >= 15 is 0 Å². The van der Waals surface area contributed by atoms with Crippen LogP contribution in [-0.4, -0.2) is 28.0 Å². The number of aromatic nitrogens is 2. The summed E-state index contributed by atoms with van der Waals surface area (Å²) in [5.74, 6) is 1.44. The summed E-state index contributed by atoms with van der Waals surface area (Å²) in [6, 6.07) is 7.55. The molecule has 0 aliphatic carbocycles. The summed E-state index contributed by atoms with van der Waals surface area (Å²) >= 11 is 0. The SMILES string of the molecule is Cc1ccc(Nc2nc(N3C[C@H](C)C[C@@H](C)C3)nc(N)c2[N+](=O)[O-])cc1. The fraction of sp³-hybridized carbons (Fsp3) is 0.444. The highest BCUT2D eigenvalue weighted by Crippen LogP contribution is 2.33. The number of anilines is 4. The van der Waals surface area contributed by atoms with Gasteiger partial charge in [-0.25, -0.2) is 0 Å². The predicted molar refractivity (Wildman–Crippen MR) is 103 cm³/mol. The molecule has 0 radical (unpaired) electrons. The van der Waals surface area contributed by atoms with E-state index in [1.807, 2.05) is 31.2 Å². The number of piperidine rings is 1. The van der Waals surface area contributed by atoms with E-state index in [9.17, 15) is 10.1 Å². The van der Waals surface area contributed by atoms with E-state index in [1.54, 1.807) is 0 Å². The third-order valence-electron chi connectivity index (χ3n) is 4.55. The summed E-state index contributed by atoms with van der Waals surface area (Å²) in [5, 5.41) is 14.5. The minimum absolute atomic E-state index is 0.118. The average molecular weight is 356 g/mol. The van der Waals surface area contributed by atoms with Gasteiger partial charge in [0.2, 0.25) is 17.6 Å². The predicted octanol–water partition coefficient (Wildman–Crippen LogP) is 3.50. The van der Waals surface area contributed by atoms with Gasteiger partial charge in [0.05, 0.1) is 4.92 Å². The molecule has 2 atom stereocenters. The molecule has 8 nitrogen and oxygen atoms in total. The molecule has 138 valence electrons. The Labute approximate surface area is 152 Å². The van der Waals surface area contributed by atoms with E-state index in [0.717, 1.165) is 25.1 Å². The highest BCUT2D eigenvalue weighted by molar-refractivity contribution is 5.74. The highest BCUT2D eigenvalue weighted by Gasteiger charge is 2.28. The molecule has 1 aromatic heterocycles. The van der Waals surface area contributed by atoms with E-state index in [-0.39, 0.29) is 17.3 Å². The van der Waals surface area contributed by atoms with Crippen molar-refractivity contribution in [3.05, 3.63) is 39.9 Å². The molecule has 1 aromatic carbocycles. The van der Waals surface area contributed by atoms with E-state index in [2.05, 4.69) is 34.0 Å². The van der Waals surface area contributed by atoms with Crippen LogP contribution in [0.4, 0.5) is 29.0 Å². The number of nitrogens with zero attached hydrogens (tertiary/aromatic N) is 4. The molecule has 3 rings (SSSR count). The lowest BCUT2D eigenvalue weighted by Crippen LogP contribution is -2.39. The number of hydrogen-bond acceptors (Lipinski definition) is 7. The van der Waals surface area contributed by atoms with E-state index in [1.165, 1.54) is 0 Å². The van der Waals surface area contributed by atoms with Gasteiger partial charge in [-0.2, -0.15) is 9.97 Å². The van der Waals surface area contributed by atoms with Crippen LogP contribution in [0.1, 0.15) is 25.8 Å². The first-order valence-electron chi connectivity index (χ1n) is 8.74. The van der Waals surface area contributed by atoms with Crippen molar-refractivity contribution >= 4 is 29.0 Å². The molecule has 0 amide bonds. The molecule has 1 aliphatic heterocycles. The zero-order valence-electron chi connectivity index (χ0n) is 15.3. The quantitative estimate of drug-likeness (QED) is 0.637. The zero-order valence-corrected chi connectivity index (χ0v) is 15.3. The number of nitrogens with two attached hydrogens (primary N) is 1. The van der Waals surface area contributed by atoms with E-state index in [0.29, 0.717) is 23.5 Å². The van der Waals surface area contributed by atoms with Crippen LogP contribution >= 0.6 is 0 Å². The summed E-state index contributed by atoms with van der Waals surface area (Å²) in [7, 11) is 0. The molecule has 1 aliphatic rings. The molecule has 2 heterocycles. The van der Waals surface area contributed by atoms with Crippen LogP contribution in [0.2, 0.25) is 0 Å². The van der Waals surface area contributed by atoms with Crippen LogP contribution < -0.4 is 16.0 Å². The smallest absolute Gasteiger partial charge is 0.353 e. The lowest BCUT2D eigenvalue weighted by atomic mass is 9.92. The molecule has 0 saturated carbocycles. The number of benzene rings is 1. The highest BCUT2D eigenvalue weighted by atomic mass is 16.6. The van der Waals surface area contributed by atoms with Gasteiger partial charge in [-0.15, -0.1) is 0 Å². The van der Waals surface area contributed by atoms with Gasteiger partial charge in [-0.05, 0) is 37.3 Å². The van der Waals surface area contributed by atoms with Gasteiger partial charge in [0.1, 0.15) is 0 Å². The molecule has 0 bridgehead atoms. The van der Waals surface area contributed by atoms with Crippen molar-refractivity contribution in [2.75, 3.05) is 29.0 Å². The molecular formula is C18H24N6O2. The fourth-order valence-electron chi connectivity index (χ4n) is 3.47. The molecule has 2 aromatic rings. The zero-order chi connectivity index (χ0) is 18.8. The average Bonchev–Trinajstić information content (AvgIpc) is 2.55. The number of hydrogen-bond donors (Lipinski definition) is 2. The maximum atomic E-state index is 11.5. The van der Waals surface area contributed by atoms with Gasteiger partial charge in [-0.3, -0.25) is 10.1 Å². The molecule has 26 heavy (non-hydrogen) atoms. The fourth-order valence-corrected chi connectivity index (χ4v) is 3.47. The molecule has 1 fully saturated rings. The number of nitrogens with one attached hydrogen (secondary N) is 1. The third kappa shape index (κ3) is 3.84. The molecule has 0 unspecified atom stereocenters. The van der Waals surface area contributed by atoms with Crippen molar-refractivity contribution < 1.29 is 4.92 Å². The van der Waals surface area contributed by atoms with E-state index in [4.69, 9.17) is 5.73 Å². The summed E-state index contributed by atoms with van der Waals surface area (Å²) in [6.07, 6.45) is 1.15. The van der Waals surface area contributed by atoms with Crippen molar-refractivity contribution in [2.45, 2.75) is 27.2 Å². The lowest BCUT2D eigenvalue weighted by molar-refractivity contribution is -0.383. The van der Waals surface area contributed by atoms with Gasteiger partial charge in [-0.1, -0.05) is 31.5 Å². The van der Waals surface area contributed by atoms with Gasteiger partial charge in [0, 0.05) is 18.8 Å². The number of nitrogen functional groups attached to an aromatic ring is 1. The molecule has 3 N–H and O–H groups in total. The number of rotatable bonds is 4. The van der Waals surface area contributed by atoms with Crippen LogP contribution in [0, 0.1) is 28.9 Å². The first kappa shape index (κ1) is 17.9. The largest absolute Gasteiger partial charge is 0.378 e. The van der Waals surface area contributed by atoms with Crippen LogP contribution in [0.5, 0.6) is 0 Å². The van der Waals surface area contributed by atoms with Gasteiger partial charge < -0.3 is 16.0 Å². The Hall–Kier alpha value is -2.90. The van der Waals surface area contributed by atoms with Crippen LogP contribution in [0.15, 0.2) is 24.3 Å². The van der Waals surface area contributed by atoms with Gasteiger partial charge in [0.15, 0.2) is 0 Å². The third-order valence-corrected chi connectivity index (χ3v) is 4.55. The summed E-state index contributed by atoms with van der Waals surface area (Å²) < 4.78 is 0. The maximum absolute atomic E-state index is 11.5. The molecular weight excluding hydrogens is 332 g/mol. The normalized spacial score (nSPS) is 20.0. The van der Waals surface area contributed by atoms with Gasteiger partial charge in [0.25, 0.3) is 0 Å². The Kier molecular flexibility index (Phi) is 4.92.